The zero-order valence-electron chi connectivity index (χ0n) is 10.8. The molecule has 3 aromatic rings. The maximum Gasteiger partial charge on any atom is 0.0918 e. The lowest BCUT2D eigenvalue weighted by molar-refractivity contribution is 0.277. The first-order valence-electron chi connectivity index (χ1n) is 5.74. The lowest BCUT2D eigenvalue weighted by atomic mass is 10.2. The minimum absolute atomic E-state index is 0.639. The molecule has 19 heavy (non-hydrogen) atoms. The van der Waals surface area contributed by atoms with E-state index in [-0.39, 0.29) is 0 Å². The summed E-state index contributed by atoms with van der Waals surface area (Å²) in [5.74, 6) is 0. The number of hydrogen-bond donors (Lipinski definition) is 2. The van der Waals surface area contributed by atoms with Crippen molar-refractivity contribution in [2.45, 2.75) is 0 Å². The molecule has 2 aromatic heterocycles. The number of hydrogen-bond acceptors (Lipinski definition) is 4. The minimum atomic E-state index is 0.639. The molecule has 0 saturated carbocycles. The van der Waals surface area contributed by atoms with Crippen LogP contribution in [-0.4, -0.2) is 35.6 Å². The van der Waals surface area contributed by atoms with Gasteiger partial charge < -0.3 is 14.9 Å². The van der Waals surface area contributed by atoms with Gasteiger partial charge in [0.25, 0.3) is 0 Å². The van der Waals surface area contributed by atoms with Crippen LogP contribution in [0.3, 0.4) is 0 Å². The smallest absolute Gasteiger partial charge is 0.0918 e. The van der Waals surface area contributed by atoms with Crippen LogP contribution in [-0.2, 0) is 4.74 Å². The Kier molecular flexibility index (Phi) is 4.10. The largest absolute Gasteiger partial charge is 0.411 e. The second-order valence-corrected chi connectivity index (χ2v) is 3.98. The average molecular weight is 257 g/mol. The molecule has 0 aliphatic carbocycles. The molecular formula is C14H15N3O2. The summed E-state index contributed by atoms with van der Waals surface area (Å²) in [7, 11) is 3.25. The van der Waals surface area contributed by atoms with Crippen LogP contribution < -0.4 is 0 Å². The Hall–Kier alpha value is -2.40. The number of pyridine rings is 1. The molecular weight excluding hydrogens is 242 g/mol. The second kappa shape index (κ2) is 5.97. The van der Waals surface area contributed by atoms with Gasteiger partial charge in [-0.1, -0.05) is 23.4 Å². The zero-order valence-corrected chi connectivity index (χ0v) is 10.8. The Morgan fingerprint density at radius 2 is 1.95 bits per heavy atom. The van der Waals surface area contributed by atoms with E-state index in [1.807, 2.05) is 30.3 Å². The summed E-state index contributed by atoms with van der Waals surface area (Å²) in [5, 5.41) is 13.7. The predicted molar refractivity (Wildman–Crippen MR) is 75.9 cm³/mol. The van der Waals surface area contributed by atoms with Gasteiger partial charge in [-0.15, -0.1) is 0 Å². The van der Waals surface area contributed by atoms with Crippen molar-refractivity contribution in [3.8, 4) is 0 Å². The molecule has 0 atom stereocenters. The molecule has 5 heteroatoms. The van der Waals surface area contributed by atoms with Gasteiger partial charge in [-0.25, -0.2) is 0 Å². The molecule has 2 heterocycles. The summed E-state index contributed by atoms with van der Waals surface area (Å²) in [6, 6.07) is 9.95. The highest BCUT2D eigenvalue weighted by Crippen LogP contribution is 2.24. The summed E-state index contributed by atoms with van der Waals surface area (Å²) < 4.78 is 4.25. The number of nitrogens with one attached hydrogen (secondary N) is 1. The van der Waals surface area contributed by atoms with Gasteiger partial charge in [0.2, 0.25) is 0 Å². The first kappa shape index (κ1) is 13.0. The Morgan fingerprint density at radius 1 is 1.21 bits per heavy atom. The van der Waals surface area contributed by atoms with Gasteiger partial charge in [0.1, 0.15) is 0 Å². The van der Waals surface area contributed by atoms with Gasteiger partial charge in [0.15, 0.2) is 0 Å². The third-order valence-electron chi connectivity index (χ3n) is 2.60. The molecule has 2 N–H and O–H groups in total. The number of methoxy groups -OCH3 is 1. The van der Waals surface area contributed by atoms with Gasteiger partial charge in [0.05, 0.1) is 23.6 Å². The van der Waals surface area contributed by atoms with Crippen LogP contribution in [0.2, 0.25) is 0 Å². The van der Waals surface area contributed by atoms with Crippen molar-refractivity contribution in [2.24, 2.45) is 5.16 Å². The van der Waals surface area contributed by atoms with E-state index >= 15 is 0 Å². The summed E-state index contributed by atoms with van der Waals surface area (Å²) in [4.78, 5) is 7.43. The fraction of sp³-hybridized carbons (Fsp3) is 0.143. The third kappa shape index (κ3) is 2.71. The molecule has 5 nitrogen and oxygen atoms in total. The minimum Gasteiger partial charge on any atom is -0.411 e. The summed E-state index contributed by atoms with van der Waals surface area (Å²) in [6.07, 6.45) is 3.06. The van der Waals surface area contributed by atoms with Crippen molar-refractivity contribution < 1.29 is 9.94 Å². The van der Waals surface area contributed by atoms with Crippen molar-refractivity contribution in [1.29, 1.82) is 0 Å². The quantitative estimate of drug-likeness (QED) is 0.400. The van der Waals surface area contributed by atoms with Crippen molar-refractivity contribution in [3.05, 3.63) is 42.2 Å². The van der Waals surface area contributed by atoms with E-state index in [0.717, 1.165) is 21.8 Å². The third-order valence-corrected chi connectivity index (χ3v) is 2.60. The predicted octanol–water partition coefficient (Wildman–Crippen LogP) is 2.79. The number of para-hydroxylation sites is 1. The number of oxime groups is 1. The van der Waals surface area contributed by atoms with Gasteiger partial charge in [-0.05, 0) is 12.1 Å². The Morgan fingerprint density at radius 3 is 2.68 bits per heavy atom. The molecule has 0 saturated heterocycles. The SMILES string of the molecule is COC.ON=Cc1cc2c(cn1)[nH]c1ccccc12. The highest BCUT2D eigenvalue weighted by molar-refractivity contribution is 6.07. The molecule has 1 aromatic carbocycles. The fourth-order valence-corrected chi connectivity index (χ4v) is 1.90. The van der Waals surface area contributed by atoms with Crippen molar-refractivity contribution >= 4 is 28.0 Å². The van der Waals surface area contributed by atoms with E-state index in [9.17, 15) is 0 Å². The zero-order chi connectivity index (χ0) is 13.7. The van der Waals surface area contributed by atoms with Crippen molar-refractivity contribution in [3.63, 3.8) is 0 Å². The first-order valence-corrected chi connectivity index (χ1v) is 5.74. The number of fused-ring (bicyclic) bond motifs is 3. The Labute approximate surface area is 110 Å². The summed E-state index contributed by atoms with van der Waals surface area (Å²) in [6.45, 7) is 0. The highest BCUT2D eigenvalue weighted by Gasteiger charge is 2.04. The summed E-state index contributed by atoms with van der Waals surface area (Å²) >= 11 is 0. The van der Waals surface area contributed by atoms with Crippen molar-refractivity contribution in [1.82, 2.24) is 9.97 Å². The number of rotatable bonds is 1. The number of benzene rings is 1. The molecule has 0 amide bonds. The number of aromatic nitrogens is 2. The van der Waals surface area contributed by atoms with Crippen LogP contribution in [0, 0.1) is 0 Å². The van der Waals surface area contributed by atoms with Crippen LogP contribution in [0.1, 0.15) is 5.69 Å². The molecule has 0 unspecified atom stereocenters. The topological polar surface area (TPSA) is 70.5 Å². The molecule has 0 bridgehead atoms. The lowest BCUT2D eigenvalue weighted by Crippen LogP contribution is -1.85. The monoisotopic (exact) mass is 257 g/mol. The van der Waals surface area contributed by atoms with E-state index in [1.165, 1.54) is 6.21 Å². The number of ether oxygens (including phenoxy) is 1. The Balaban J connectivity index is 0.000000408. The standard InChI is InChI=1S/C12H9N3O.C2H6O/c16-14-6-8-5-10-9-3-1-2-4-11(9)15-12(10)7-13-8;1-3-2/h1-7,15-16H;1-2H3. The number of aromatic amines is 1. The molecule has 0 aliphatic heterocycles. The van der Waals surface area contributed by atoms with Crippen LogP contribution in [0.25, 0.3) is 21.8 Å². The number of H-pyrrole nitrogens is 1. The van der Waals surface area contributed by atoms with Crippen LogP contribution in [0.15, 0.2) is 41.7 Å². The second-order valence-electron chi connectivity index (χ2n) is 3.98. The van der Waals surface area contributed by atoms with E-state index in [1.54, 1.807) is 20.4 Å². The molecule has 0 aliphatic rings. The average Bonchev–Trinajstić information content (AvgIpc) is 2.78. The van der Waals surface area contributed by atoms with Gasteiger partial charge in [0, 0.05) is 30.5 Å². The van der Waals surface area contributed by atoms with Crippen molar-refractivity contribution in [2.75, 3.05) is 14.2 Å². The molecule has 3 rings (SSSR count). The summed E-state index contributed by atoms with van der Waals surface area (Å²) in [5.41, 5.74) is 2.70. The van der Waals surface area contributed by atoms with Crippen LogP contribution in [0.5, 0.6) is 0 Å². The fourth-order valence-electron chi connectivity index (χ4n) is 1.90. The molecule has 0 fully saturated rings. The molecule has 0 spiro atoms. The maximum absolute atomic E-state index is 8.48. The number of nitrogens with zero attached hydrogens (tertiary/aromatic N) is 2. The maximum atomic E-state index is 8.48. The van der Waals surface area contributed by atoms with E-state index in [0.29, 0.717) is 5.69 Å². The first-order chi connectivity index (χ1) is 9.30. The van der Waals surface area contributed by atoms with E-state index in [4.69, 9.17) is 5.21 Å². The lowest BCUT2D eigenvalue weighted by Gasteiger charge is -1.92. The van der Waals surface area contributed by atoms with Gasteiger partial charge in [-0.2, -0.15) is 0 Å². The van der Waals surface area contributed by atoms with Gasteiger partial charge >= 0.3 is 0 Å². The van der Waals surface area contributed by atoms with E-state index < -0.39 is 0 Å². The molecule has 98 valence electrons. The molecule has 0 radical (unpaired) electrons. The highest BCUT2D eigenvalue weighted by atomic mass is 16.4. The normalized spacial score (nSPS) is 10.8. The van der Waals surface area contributed by atoms with E-state index in [2.05, 4.69) is 19.9 Å². The Bertz CT molecular complexity index is 704. The van der Waals surface area contributed by atoms with Crippen LogP contribution in [0.4, 0.5) is 0 Å². The van der Waals surface area contributed by atoms with Crippen LogP contribution >= 0.6 is 0 Å². The van der Waals surface area contributed by atoms with Gasteiger partial charge in [-0.3, -0.25) is 4.98 Å².